The van der Waals surface area contributed by atoms with Crippen LogP contribution in [0.4, 0.5) is 10.7 Å². The van der Waals surface area contributed by atoms with E-state index in [0.29, 0.717) is 22.8 Å². The molecule has 0 spiro atoms. The molecule has 0 aromatic carbocycles. The molecule has 136 valence electrons. The number of carbonyl (C=O) groups is 1. The highest BCUT2D eigenvalue weighted by Crippen LogP contribution is 2.34. The molecule has 1 aliphatic rings. The quantitative estimate of drug-likeness (QED) is 0.839. The van der Waals surface area contributed by atoms with Crippen LogP contribution in [-0.2, 0) is 4.74 Å². The molecule has 1 fully saturated rings. The fourth-order valence-corrected chi connectivity index (χ4v) is 4.29. The second kappa shape index (κ2) is 7.21. The summed E-state index contributed by atoms with van der Waals surface area (Å²) in [5.41, 5.74) is 4.58. The lowest BCUT2D eigenvalue weighted by Crippen LogP contribution is -2.39. The van der Waals surface area contributed by atoms with Gasteiger partial charge in [0.2, 0.25) is 0 Å². The Morgan fingerprint density at radius 2 is 2.24 bits per heavy atom. The van der Waals surface area contributed by atoms with Crippen LogP contribution in [0.15, 0.2) is 16.0 Å². The molecule has 0 bridgehead atoms. The molecule has 1 aliphatic heterocycles. The first-order valence-electron chi connectivity index (χ1n) is 8.14. The van der Waals surface area contributed by atoms with E-state index in [1.54, 1.807) is 0 Å². The third kappa shape index (κ3) is 4.43. The van der Waals surface area contributed by atoms with E-state index in [4.69, 9.17) is 26.6 Å². The second-order valence-corrected chi connectivity index (χ2v) is 8.14. The van der Waals surface area contributed by atoms with E-state index >= 15 is 0 Å². The van der Waals surface area contributed by atoms with Crippen molar-refractivity contribution in [1.82, 2.24) is 10.1 Å². The van der Waals surface area contributed by atoms with Crippen LogP contribution in [0.25, 0.3) is 10.8 Å². The fourth-order valence-electron chi connectivity index (χ4n) is 3.23. The Hall–Kier alpha value is -1.80. The zero-order chi connectivity index (χ0) is 18.0. The summed E-state index contributed by atoms with van der Waals surface area (Å²) in [6.45, 7) is 5.43. The van der Waals surface area contributed by atoms with E-state index in [1.807, 2.05) is 25.3 Å². The van der Waals surface area contributed by atoms with Gasteiger partial charge in [-0.1, -0.05) is 11.6 Å². The van der Waals surface area contributed by atoms with Crippen LogP contribution in [0.3, 0.4) is 0 Å². The molecular formula is C16H21ClN4O3S. The molecule has 0 saturated carbocycles. The van der Waals surface area contributed by atoms with Gasteiger partial charge in [-0.25, -0.2) is 4.79 Å². The van der Waals surface area contributed by atoms with Gasteiger partial charge in [-0.15, -0.1) is 11.3 Å². The van der Waals surface area contributed by atoms with Gasteiger partial charge in [0, 0.05) is 13.1 Å². The summed E-state index contributed by atoms with van der Waals surface area (Å²) in [6, 6.07) is 1.81. The van der Waals surface area contributed by atoms with Crippen LogP contribution in [0.2, 0.25) is 5.02 Å². The molecular weight excluding hydrogens is 364 g/mol. The van der Waals surface area contributed by atoms with E-state index in [1.165, 1.54) is 11.3 Å². The number of aromatic nitrogens is 2. The molecule has 2 aromatic heterocycles. The van der Waals surface area contributed by atoms with Crippen molar-refractivity contribution in [3.8, 4) is 10.8 Å². The zero-order valence-corrected chi connectivity index (χ0v) is 15.8. The second-order valence-electron chi connectivity index (χ2n) is 6.81. The summed E-state index contributed by atoms with van der Waals surface area (Å²) < 4.78 is 10.5. The summed E-state index contributed by atoms with van der Waals surface area (Å²) in [5.74, 6) is 1.50. The van der Waals surface area contributed by atoms with Crippen molar-refractivity contribution in [3.63, 3.8) is 0 Å². The molecule has 0 aliphatic carbocycles. The molecule has 1 saturated heterocycles. The third-order valence-electron chi connectivity index (χ3n) is 4.28. The van der Waals surface area contributed by atoms with Gasteiger partial charge in [-0.3, -0.25) is 0 Å². The summed E-state index contributed by atoms with van der Waals surface area (Å²) in [5, 5.41) is 6.59. The van der Waals surface area contributed by atoms with Crippen LogP contribution in [0.1, 0.15) is 33.1 Å². The Balaban J connectivity index is 1.57. The lowest BCUT2D eigenvalue weighted by molar-refractivity contribution is 0.0236. The van der Waals surface area contributed by atoms with Gasteiger partial charge in [0.1, 0.15) is 10.5 Å². The summed E-state index contributed by atoms with van der Waals surface area (Å²) in [4.78, 5) is 18.3. The van der Waals surface area contributed by atoms with Crippen LogP contribution >= 0.6 is 22.9 Å². The van der Waals surface area contributed by atoms with Gasteiger partial charge >= 0.3 is 6.09 Å². The van der Waals surface area contributed by atoms with Crippen molar-refractivity contribution >= 4 is 35.0 Å². The normalized spacial score (nSPS) is 16.2. The van der Waals surface area contributed by atoms with Gasteiger partial charge in [0.05, 0.1) is 5.02 Å². The molecule has 0 unspecified atom stereocenters. The molecule has 2 aromatic rings. The molecule has 2 N–H and O–H groups in total. The molecule has 3 heterocycles. The minimum atomic E-state index is -0.728. The molecule has 7 nitrogen and oxygen atoms in total. The number of amides is 1. The Labute approximate surface area is 155 Å². The lowest BCUT2D eigenvalue weighted by Gasteiger charge is -2.35. The van der Waals surface area contributed by atoms with Crippen molar-refractivity contribution < 1.29 is 14.1 Å². The molecule has 25 heavy (non-hydrogen) atoms. The number of hydrogen-bond acceptors (Lipinski definition) is 7. The highest BCUT2D eigenvalue weighted by atomic mass is 35.5. The number of rotatable bonds is 5. The number of thiophene rings is 1. The number of nitrogens with two attached hydrogens (primary N) is 1. The van der Waals surface area contributed by atoms with Crippen LogP contribution in [-0.4, -0.2) is 34.9 Å². The fraction of sp³-hybridized carbons (Fsp3) is 0.562. The van der Waals surface area contributed by atoms with Crippen molar-refractivity contribution in [2.75, 3.05) is 18.0 Å². The number of ether oxygens (including phenoxy) is 1. The highest BCUT2D eigenvalue weighted by molar-refractivity contribution is 7.14. The number of hydrogen-bond donors (Lipinski definition) is 1. The van der Waals surface area contributed by atoms with E-state index in [0.717, 1.165) is 37.2 Å². The number of halogens is 1. The maximum atomic E-state index is 11.0. The lowest BCUT2D eigenvalue weighted by atomic mass is 9.86. The first-order valence-corrected chi connectivity index (χ1v) is 9.40. The Kier molecular flexibility index (Phi) is 5.19. The van der Waals surface area contributed by atoms with E-state index in [2.05, 4.69) is 15.0 Å². The minimum Gasteiger partial charge on any atom is -0.444 e. The standard InChI is InChI=1S/C16H21ClN4O3S/c1-16(2,23-14(18)22)9-10-3-6-21(7-4-10)15-19-13(24-20-15)12-11(17)5-8-25-12/h5,8,10H,3-4,6-7,9H2,1-2H3,(H2,18,22). The van der Waals surface area contributed by atoms with Crippen molar-refractivity contribution in [1.29, 1.82) is 0 Å². The number of piperidine rings is 1. The van der Waals surface area contributed by atoms with Gasteiger partial charge in [0.25, 0.3) is 11.8 Å². The third-order valence-corrected chi connectivity index (χ3v) is 5.61. The Bertz CT molecular complexity index is 737. The Morgan fingerprint density at radius 3 is 2.84 bits per heavy atom. The van der Waals surface area contributed by atoms with Gasteiger partial charge in [-0.05, 0) is 55.6 Å². The van der Waals surface area contributed by atoms with Crippen LogP contribution < -0.4 is 10.6 Å². The molecule has 0 radical (unpaired) electrons. The summed E-state index contributed by atoms with van der Waals surface area (Å²) >= 11 is 7.59. The largest absolute Gasteiger partial charge is 0.444 e. The molecule has 0 atom stereocenters. The van der Waals surface area contributed by atoms with E-state index in [-0.39, 0.29) is 0 Å². The number of carbonyl (C=O) groups excluding carboxylic acids is 1. The topological polar surface area (TPSA) is 94.5 Å². The van der Waals surface area contributed by atoms with Gasteiger partial charge in [0.15, 0.2) is 0 Å². The van der Waals surface area contributed by atoms with E-state index in [9.17, 15) is 4.79 Å². The maximum absolute atomic E-state index is 11.0. The first kappa shape index (κ1) is 18.0. The summed E-state index contributed by atoms with van der Waals surface area (Å²) in [6.07, 6.45) is 1.99. The van der Waals surface area contributed by atoms with Gasteiger partial charge in [-0.2, -0.15) is 4.98 Å². The smallest absolute Gasteiger partial charge is 0.405 e. The maximum Gasteiger partial charge on any atom is 0.405 e. The number of anilines is 1. The monoisotopic (exact) mass is 384 g/mol. The van der Waals surface area contributed by atoms with Crippen molar-refractivity contribution in [2.24, 2.45) is 11.7 Å². The van der Waals surface area contributed by atoms with Crippen LogP contribution in [0.5, 0.6) is 0 Å². The van der Waals surface area contributed by atoms with Crippen LogP contribution in [0, 0.1) is 5.92 Å². The number of primary amides is 1. The molecule has 1 amide bonds. The Morgan fingerprint density at radius 1 is 1.52 bits per heavy atom. The van der Waals surface area contributed by atoms with E-state index < -0.39 is 11.7 Å². The van der Waals surface area contributed by atoms with Crippen molar-refractivity contribution in [3.05, 3.63) is 16.5 Å². The average molecular weight is 385 g/mol. The van der Waals surface area contributed by atoms with Crippen molar-refractivity contribution in [2.45, 2.75) is 38.7 Å². The minimum absolute atomic E-state index is 0.452. The zero-order valence-electron chi connectivity index (χ0n) is 14.2. The highest BCUT2D eigenvalue weighted by Gasteiger charge is 2.30. The molecule has 3 rings (SSSR count). The predicted molar refractivity (Wildman–Crippen MR) is 96.9 cm³/mol. The van der Waals surface area contributed by atoms with Gasteiger partial charge < -0.3 is 19.9 Å². The summed E-state index contributed by atoms with van der Waals surface area (Å²) in [7, 11) is 0. The SMILES string of the molecule is CC(C)(CC1CCN(c2noc(-c3sccc3Cl)n2)CC1)OC(N)=O. The molecule has 9 heteroatoms. The predicted octanol–water partition coefficient (Wildman–Crippen LogP) is 3.93. The first-order chi connectivity index (χ1) is 11.8. The number of nitrogens with zero attached hydrogens (tertiary/aromatic N) is 3. The average Bonchev–Trinajstić information content (AvgIpc) is 3.14.